The molecule has 5 aromatic rings. The fraction of sp³-hybridized carbons (Fsp3) is 0.231. The summed E-state index contributed by atoms with van der Waals surface area (Å²) in [5, 5.41) is 0.778. The van der Waals surface area contributed by atoms with Crippen LogP contribution in [0.3, 0.4) is 0 Å². The van der Waals surface area contributed by atoms with E-state index in [1.54, 1.807) is 44.1 Å². The number of benzene rings is 1. The van der Waals surface area contributed by atoms with Crippen molar-refractivity contribution >= 4 is 21.9 Å². The fourth-order valence-electron chi connectivity index (χ4n) is 4.32. The monoisotopic (exact) mass is 473 g/mol. The van der Waals surface area contributed by atoms with Crippen LogP contribution in [0.15, 0.2) is 53.6 Å². The standard InChI is InChI=1S/C26H24FN5O3/c1-5-35-23-11-17(12-28-20(23)14-34-4)16-6-7-19-18(10-16)25-22(13-29-19)31(3)26(33)32(25)21-8-9-24(27)30-15(21)2/h6-13H,5,14H2,1-4H3. The normalized spacial score (nSPS) is 11.5. The second-order valence-corrected chi connectivity index (χ2v) is 8.17. The molecule has 0 radical (unpaired) electrons. The molecule has 9 heteroatoms. The Bertz CT molecular complexity index is 1640. The molecule has 8 nitrogen and oxygen atoms in total. The summed E-state index contributed by atoms with van der Waals surface area (Å²) < 4.78 is 27.8. The van der Waals surface area contributed by atoms with Crippen molar-refractivity contribution in [1.82, 2.24) is 24.1 Å². The molecule has 1 aromatic carbocycles. The molecule has 0 aliphatic rings. The third-order valence-electron chi connectivity index (χ3n) is 5.99. The number of hydrogen-bond acceptors (Lipinski definition) is 6. The van der Waals surface area contributed by atoms with Gasteiger partial charge in [-0.15, -0.1) is 0 Å². The maximum Gasteiger partial charge on any atom is 0.333 e. The second-order valence-electron chi connectivity index (χ2n) is 8.17. The van der Waals surface area contributed by atoms with Crippen molar-refractivity contribution in [3.8, 4) is 22.6 Å². The van der Waals surface area contributed by atoms with E-state index in [4.69, 9.17) is 9.47 Å². The fourth-order valence-corrected chi connectivity index (χ4v) is 4.32. The number of methoxy groups -OCH3 is 1. The third-order valence-corrected chi connectivity index (χ3v) is 5.99. The first kappa shape index (κ1) is 22.7. The molecule has 0 saturated heterocycles. The van der Waals surface area contributed by atoms with Gasteiger partial charge in [0, 0.05) is 31.3 Å². The maximum absolute atomic E-state index is 13.7. The van der Waals surface area contributed by atoms with E-state index >= 15 is 0 Å². The van der Waals surface area contributed by atoms with E-state index in [9.17, 15) is 9.18 Å². The van der Waals surface area contributed by atoms with Gasteiger partial charge >= 0.3 is 5.69 Å². The van der Waals surface area contributed by atoms with Gasteiger partial charge in [-0.25, -0.2) is 9.78 Å². The number of halogens is 1. The number of nitrogens with zero attached hydrogens (tertiary/aromatic N) is 5. The Labute approximate surface area is 200 Å². The summed E-state index contributed by atoms with van der Waals surface area (Å²) in [4.78, 5) is 26.3. The quantitative estimate of drug-likeness (QED) is 0.342. The molecule has 0 aliphatic carbocycles. The summed E-state index contributed by atoms with van der Waals surface area (Å²) in [6.07, 6.45) is 3.45. The summed E-state index contributed by atoms with van der Waals surface area (Å²) in [5.74, 6) is 0.0655. The Kier molecular flexibility index (Phi) is 5.78. The first-order valence-electron chi connectivity index (χ1n) is 11.2. The number of fused-ring (bicyclic) bond motifs is 3. The van der Waals surface area contributed by atoms with Crippen LogP contribution in [0.25, 0.3) is 38.8 Å². The molecule has 0 spiro atoms. The molecule has 0 amide bonds. The zero-order valence-corrected chi connectivity index (χ0v) is 19.9. The van der Waals surface area contributed by atoms with Gasteiger partial charge in [-0.05, 0) is 49.7 Å². The SMILES string of the molecule is CCOc1cc(-c2ccc3ncc4c(c3c2)n(-c2ccc(F)nc2C)c(=O)n4C)cnc1COC. The van der Waals surface area contributed by atoms with Crippen LogP contribution in [-0.4, -0.2) is 37.8 Å². The topological polar surface area (TPSA) is 84.1 Å². The minimum absolute atomic E-state index is 0.263. The van der Waals surface area contributed by atoms with Crippen LogP contribution in [0.4, 0.5) is 4.39 Å². The van der Waals surface area contributed by atoms with Gasteiger partial charge in [0.1, 0.15) is 11.4 Å². The van der Waals surface area contributed by atoms with E-state index in [-0.39, 0.29) is 5.69 Å². The maximum atomic E-state index is 13.7. The van der Waals surface area contributed by atoms with E-state index in [2.05, 4.69) is 15.0 Å². The second kappa shape index (κ2) is 8.92. The highest BCUT2D eigenvalue weighted by Gasteiger charge is 2.19. The Morgan fingerprint density at radius 2 is 1.89 bits per heavy atom. The minimum atomic E-state index is -0.595. The van der Waals surface area contributed by atoms with Crippen LogP contribution in [0.2, 0.25) is 0 Å². The number of pyridine rings is 3. The van der Waals surface area contributed by atoms with E-state index < -0.39 is 5.95 Å². The van der Waals surface area contributed by atoms with E-state index in [0.29, 0.717) is 41.4 Å². The lowest BCUT2D eigenvalue weighted by Crippen LogP contribution is -2.21. The van der Waals surface area contributed by atoms with E-state index in [0.717, 1.165) is 27.7 Å². The molecule has 0 bridgehead atoms. The summed E-state index contributed by atoms with van der Waals surface area (Å²) in [7, 11) is 3.31. The molecule has 4 aromatic heterocycles. The lowest BCUT2D eigenvalue weighted by atomic mass is 10.0. The van der Waals surface area contributed by atoms with Gasteiger partial charge in [0.05, 0.1) is 47.3 Å². The lowest BCUT2D eigenvalue weighted by molar-refractivity contribution is 0.176. The molecule has 5 rings (SSSR count). The molecule has 0 saturated carbocycles. The molecule has 0 unspecified atom stereocenters. The number of aryl methyl sites for hydroxylation is 2. The molecular weight excluding hydrogens is 449 g/mol. The number of hydrogen-bond donors (Lipinski definition) is 0. The highest BCUT2D eigenvalue weighted by Crippen LogP contribution is 2.32. The molecule has 4 heterocycles. The number of ether oxygens (including phenoxy) is 2. The summed E-state index contributed by atoms with van der Waals surface area (Å²) in [5.41, 5.74) is 5.20. The Balaban J connectivity index is 1.78. The van der Waals surface area contributed by atoms with Crippen LogP contribution >= 0.6 is 0 Å². The van der Waals surface area contributed by atoms with Crippen molar-refractivity contribution in [2.24, 2.45) is 7.05 Å². The predicted octanol–water partition coefficient (Wildman–Crippen LogP) is 4.33. The molecule has 0 aliphatic heterocycles. The van der Waals surface area contributed by atoms with Crippen molar-refractivity contribution in [1.29, 1.82) is 0 Å². The molecule has 0 N–H and O–H groups in total. The zero-order chi connectivity index (χ0) is 24.7. The molecule has 0 fully saturated rings. The molecular formula is C26H24FN5O3. The highest BCUT2D eigenvalue weighted by molar-refractivity contribution is 6.04. The van der Waals surface area contributed by atoms with Gasteiger partial charge in [-0.1, -0.05) is 6.07 Å². The number of rotatable bonds is 6. The van der Waals surface area contributed by atoms with Crippen LogP contribution in [0.5, 0.6) is 5.75 Å². The minimum Gasteiger partial charge on any atom is -0.492 e. The summed E-state index contributed by atoms with van der Waals surface area (Å²) in [6, 6.07) is 10.6. The number of aromatic nitrogens is 5. The van der Waals surface area contributed by atoms with Gasteiger partial charge in [0.15, 0.2) is 0 Å². The average molecular weight is 474 g/mol. The Hall–Kier alpha value is -4.11. The molecule has 35 heavy (non-hydrogen) atoms. The van der Waals surface area contributed by atoms with Crippen molar-refractivity contribution in [2.45, 2.75) is 20.5 Å². The smallest absolute Gasteiger partial charge is 0.333 e. The lowest BCUT2D eigenvalue weighted by Gasteiger charge is -2.12. The first-order valence-corrected chi connectivity index (χ1v) is 11.2. The van der Waals surface area contributed by atoms with Crippen molar-refractivity contribution in [3.63, 3.8) is 0 Å². The van der Waals surface area contributed by atoms with Crippen LogP contribution < -0.4 is 10.4 Å². The van der Waals surface area contributed by atoms with Gasteiger partial charge in [-0.2, -0.15) is 4.39 Å². The number of imidazole rings is 1. The average Bonchev–Trinajstić information content (AvgIpc) is 3.10. The van der Waals surface area contributed by atoms with Gasteiger partial charge in [-0.3, -0.25) is 19.1 Å². The first-order chi connectivity index (χ1) is 16.9. The molecule has 0 atom stereocenters. The summed E-state index contributed by atoms with van der Waals surface area (Å²) >= 11 is 0. The Morgan fingerprint density at radius 1 is 1.06 bits per heavy atom. The van der Waals surface area contributed by atoms with Crippen LogP contribution in [-0.2, 0) is 18.4 Å². The van der Waals surface area contributed by atoms with Crippen molar-refractivity contribution in [3.05, 3.63) is 76.6 Å². The zero-order valence-electron chi connectivity index (χ0n) is 19.9. The highest BCUT2D eigenvalue weighted by atomic mass is 19.1. The van der Waals surface area contributed by atoms with Gasteiger partial charge in [0.2, 0.25) is 5.95 Å². The summed E-state index contributed by atoms with van der Waals surface area (Å²) in [6.45, 7) is 4.45. The third kappa shape index (κ3) is 3.83. The largest absolute Gasteiger partial charge is 0.492 e. The molecule has 178 valence electrons. The van der Waals surface area contributed by atoms with E-state index in [1.807, 2.05) is 31.2 Å². The predicted molar refractivity (Wildman–Crippen MR) is 131 cm³/mol. The van der Waals surface area contributed by atoms with Crippen LogP contribution in [0.1, 0.15) is 18.3 Å². The van der Waals surface area contributed by atoms with Crippen LogP contribution in [0, 0.1) is 12.9 Å². The van der Waals surface area contributed by atoms with Crippen molar-refractivity contribution < 1.29 is 13.9 Å². The van der Waals surface area contributed by atoms with Gasteiger partial charge in [0.25, 0.3) is 0 Å². The van der Waals surface area contributed by atoms with E-state index in [1.165, 1.54) is 10.6 Å². The van der Waals surface area contributed by atoms with Gasteiger partial charge < -0.3 is 9.47 Å². The Morgan fingerprint density at radius 3 is 2.63 bits per heavy atom. The van der Waals surface area contributed by atoms with Crippen molar-refractivity contribution in [2.75, 3.05) is 13.7 Å².